The molecule has 1 N–H and O–H groups in total. The Morgan fingerprint density at radius 1 is 1.07 bits per heavy atom. The van der Waals surface area contributed by atoms with Gasteiger partial charge in [-0.3, -0.25) is 9.59 Å². The fraction of sp³-hybridized carbons (Fsp3) is 0.440. The molecular formula is C25H34N2O3. The van der Waals surface area contributed by atoms with Crippen LogP contribution < -0.4 is 10.1 Å². The van der Waals surface area contributed by atoms with E-state index in [9.17, 15) is 9.59 Å². The zero-order valence-corrected chi connectivity index (χ0v) is 18.6. The van der Waals surface area contributed by atoms with Gasteiger partial charge in [0.25, 0.3) is 5.91 Å². The Bertz CT molecular complexity index is 800. The van der Waals surface area contributed by atoms with Crippen molar-refractivity contribution in [3.63, 3.8) is 0 Å². The van der Waals surface area contributed by atoms with Crippen molar-refractivity contribution < 1.29 is 14.3 Å². The van der Waals surface area contributed by atoms with Crippen LogP contribution in [0, 0.1) is 13.8 Å². The lowest BCUT2D eigenvalue weighted by atomic mass is 10.1. The van der Waals surface area contributed by atoms with Crippen LogP contribution in [0.1, 0.15) is 43.4 Å². The van der Waals surface area contributed by atoms with Gasteiger partial charge in [-0.05, 0) is 62.4 Å². The molecule has 2 aromatic carbocycles. The Kier molecular flexibility index (Phi) is 9.39. The van der Waals surface area contributed by atoms with Crippen LogP contribution in [0.4, 0.5) is 0 Å². The molecular weight excluding hydrogens is 376 g/mol. The predicted octanol–water partition coefficient (Wildman–Crippen LogP) is 4.06. The molecule has 2 rings (SSSR count). The highest BCUT2D eigenvalue weighted by molar-refractivity contribution is 5.87. The highest BCUT2D eigenvalue weighted by atomic mass is 16.5. The summed E-state index contributed by atoms with van der Waals surface area (Å²) in [6.07, 6.45) is 2.62. The van der Waals surface area contributed by atoms with Gasteiger partial charge in [0.2, 0.25) is 5.91 Å². The average Bonchev–Trinajstić information content (AvgIpc) is 2.72. The van der Waals surface area contributed by atoms with Crippen molar-refractivity contribution in [2.45, 2.75) is 53.0 Å². The Morgan fingerprint density at radius 3 is 2.37 bits per heavy atom. The topological polar surface area (TPSA) is 58.6 Å². The minimum Gasteiger partial charge on any atom is -0.484 e. The van der Waals surface area contributed by atoms with Gasteiger partial charge in [0, 0.05) is 13.1 Å². The van der Waals surface area contributed by atoms with Crippen LogP contribution >= 0.6 is 0 Å². The minimum atomic E-state index is -0.555. The van der Waals surface area contributed by atoms with Crippen molar-refractivity contribution in [1.29, 1.82) is 0 Å². The van der Waals surface area contributed by atoms with Crippen molar-refractivity contribution in [3.8, 4) is 5.75 Å². The number of benzene rings is 2. The monoisotopic (exact) mass is 410 g/mol. The maximum atomic E-state index is 13.0. The van der Waals surface area contributed by atoms with Crippen LogP contribution in [0.15, 0.2) is 48.5 Å². The molecule has 2 aromatic rings. The van der Waals surface area contributed by atoms with Gasteiger partial charge in [0.1, 0.15) is 11.8 Å². The van der Waals surface area contributed by atoms with E-state index in [2.05, 4.69) is 18.3 Å². The number of hydrogen-bond acceptors (Lipinski definition) is 3. The van der Waals surface area contributed by atoms with Gasteiger partial charge in [0.05, 0.1) is 0 Å². The fourth-order valence-corrected chi connectivity index (χ4v) is 3.35. The molecule has 0 radical (unpaired) electrons. The molecule has 5 nitrogen and oxygen atoms in total. The van der Waals surface area contributed by atoms with Gasteiger partial charge in [0.15, 0.2) is 6.61 Å². The summed E-state index contributed by atoms with van der Waals surface area (Å²) in [7, 11) is 0. The smallest absolute Gasteiger partial charge is 0.261 e. The van der Waals surface area contributed by atoms with Crippen LogP contribution in [-0.4, -0.2) is 42.5 Å². The van der Waals surface area contributed by atoms with E-state index in [1.165, 1.54) is 0 Å². The highest BCUT2D eigenvalue weighted by Gasteiger charge is 2.26. The summed E-state index contributed by atoms with van der Waals surface area (Å²) in [5.74, 6) is 0.350. The van der Waals surface area contributed by atoms with Gasteiger partial charge in [-0.2, -0.15) is 0 Å². The molecule has 0 heterocycles. The number of nitrogens with zero attached hydrogens (tertiary/aromatic N) is 1. The van der Waals surface area contributed by atoms with Crippen LogP contribution in [0.3, 0.4) is 0 Å². The normalized spacial score (nSPS) is 11.6. The molecule has 0 spiro atoms. The molecule has 2 amide bonds. The van der Waals surface area contributed by atoms with Gasteiger partial charge in [-0.1, -0.05) is 49.7 Å². The van der Waals surface area contributed by atoms with Crippen molar-refractivity contribution in [2.24, 2.45) is 0 Å². The molecule has 0 aromatic heterocycles. The molecule has 0 saturated carbocycles. The standard InChI is InChI=1S/C25H34N2O3/c1-5-6-13-26-25(29)21(4)27(14-12-22-10-8-7-9-11-22)24(28)18-30-23-16-19(2)15-20(3)17-23/h7-11,15-17,21H,5-6,12-14,18H2,1-4H3,(H,26,29). The third-order valence-electron chi connectivity index (χ3n) is 5.04. The van der Waals surface area contributed by atoms with Crippen LogP contribution in [0.5, 0.6) is 5.75 Å². The number of ether oxygens (including phenoxy) is 1. The number of rotatable bonds is 11. The summed E-state index contributed by atoms with van der Waals surface area (Å²) in [6, 6.07) is 15.3. The average molecular weight is 411 g/mol. The lowest BCUT2D eigenvalue weighted by molar-refractivity contribution is -0.141. The van der Waals surface area contributed by atoms with E-state index in [-0.39, 0.29) is 18.4 Å². The predicted molar refractivity (Wildman–Crippen MR) is 121 cm³/mol. The van der Waals surface area contributed by atoms with E-state index >= 15 is 0 Å². The molecule has 0 saturated heterocycles. The number of amides is 2. The van der Waals surface area contributed by atoms with E-state index in [0.29, 0.717) is 25.3 Å². The number of aryl methyl sites for hydroxylation is 2. The first kappa shape index (κ1) is 23.5. The Balaban J connectivity index is 2.05. The van der Waals surface area contributed by atoms with Gasteiger partial charge in [-0.15, -0.1) is 0 Å². The Morgan fingerprint density at radius 2 is 1.73 bits per heavy atom. The van der Waals surface area contributed by atoms with Crippen LogP contribution in [-0.2, 0) is 16.0 Å². The van der Waals surface area contributed by atoms with Crippen LogP contribution in [0.25, 0.3) is 0 Å². The van der Waals surface area contributed by atoms with Crippen molar-refractivity contribution >= 4 is 11.8 Å². The van der Waals surface area contributed by atoms with E-state index in [0.717, 1.165) is 29.5 Å². The molecule has 0 aliphatic rings. The second-order valence-electron chi connectivity index (χ2n) is 7.76. The number of carbonyl (C=O) groups is 2. The molecule has 1 unspecified atom stereocenters. The summed E-state index contributed by atoms with van der Waals surface area (Å²) in [5.41, 5.74) is 3.30. The molecule has 1 atom stereocenters. The molecule has 162 valence electrons. The first-order valence-corrected chi connectivity index (χ1v) is 10.7. The van der Waals surface area contributed by atoms with Crippen LogP contribution in [0.2, 0.25) is 0 Å². The van der Waals surface area contributed by atoms with Crippen molar-refractivity contribution in [2.75, 3.05) is 19.7 Å². The summed E-state index contributed by atoms with van der Waals surface area (Å²) < 4.78 is 5.77. The number of unbranched alkanes of at least 4 members (excludes halogenated alkanes) is 1. The highest BCUT2D eigenvalue weighted by Crippen LogP contribution is 2.16. The zero-order chi connectivity index (χ0) is 21.9. The van der Waals surface area contributed by atoms with Crippen molar-refractivity contribution in [3.05, 3.63) is 65.2 Å². The summed E-state index contributed by atoms with van der Waals surface area (Å²) in [6.45, 7) is 8.84. The molecule has 30 heavy (non-hydrogen) atoms. The third-order valence-corrected chi connectivity index (χ3v) is 5.04. The maximum absolute atomic E-state index is 13.0. The van der Waals surface area contributed by atoms with Gasteiger partial charge < -0.3 is 15.0 Å². The summed E-state index contributed by atoms with van der Waals surface area (Å²) in [5, 5.41) is 2.93. The first-order chi connectivity index (χ1) is 14.4. The molecule has 0 fully saturated rings. The van der Waals surface area contributed by atoms with E-state index < -0.39 is 6.04 Å². The zero-order valence-electron chi connectivity index (χ0n) is 18.6. The summed E-state index contributed by atoms with van der Waals surface area (Å²) >= 11 is 0. The van der Waals surface area contributed by atoms with E-state index in [1.54, 1.807) is 11.8 Å². The number of nitrogens with one attached hydrogen (secondary N) is 1. The number of hydrogen-bond donors (Lipinski definition) is 1. The largest absolute Gasteiger partial charge is 0.484 e. The Labute approximate surface area is 180 Å². The summed E-state index contributed by atoms with van der Waals surface area (Å²) in [4.78, 5) is 27.2. The molecule has 0 aliphatic heterocycles. The number of carbonyl (C=O) groups excluding carboxylic acids is 2. The maximum Gasteiger partial charge on any atom is 0.261 e. The second-order valence-corrected chi connectivity index (χ2v) is 7.76. The quantitative estimate of drug-likeness (QED) is 0.569. The SMILES string of the molecule is CCCCNC(=O)C(C)N(CCc1ccccc1)C(=O)COc1cc(C)cc(C)c1. The fourth-order valence-electron chi connectivity index (χ4n) is 3.35. The van der Waals surface area contributed by atoms with E-state index in [1.807, 2.05) is 56.3 Å². The van der Waals surface area contributed by atoms with Gasteiger partial charge >= 0.3 is 0 Å². The third kappa shape index (κ3) is 7.54. The Hall–Kier alpha value is -2.82. The molecule has 0 bridgehead atoms. The van der Waals surface area contributed by atoms with Gasteiger partial charge in [-0.25, -0.2) is 0 Å². The second kappa shape index (κ2) is 12.0. The molecule has 0 aliphatic carbocycles. The molecule has 5 heteroatoms. The lowest BCUT2D eigenvalue weighted by Crippen LogP contribution is -2.50. The van der Waals surface area contributed by atoms with E-state index in [4.69, 9.17) is 4.74 Å². The van der Waals surface area contributed by atoms with Crippen molar-refractivity contribution in [1.82, 2.24) is 10.2 Å². The minimum absolute atomic E-state index is 0.0930. The first-order valence-electron chi connectivity index (χ1n) is 10.7. The lowest BCUT2D eigenvalue weighted by Gasteiger charge is -2.28.